The molecule has 0 aliphatic heterocycles. The molecule has 0 aliphatic rings. The van der Waals surface area contributed by atoms with Gasteiger partial charge in [-0.15, -0.1) is 17.9 Å². The third-order valence-electron chi connectivity index (χ3n) is 2.62. The number of rotatable bonds is 6. The first-order valence-corrected chi connectivity index (χ1v) is 8.41. The van der Waals surface area contributed by atoms with E-state index >= 15 is 0 Å². The Bertz CT molecular complexity index is 527. The predicted molar refractivity (Wildman–Crippen MR) is 80.9 cm³/mol. The van der Waals surface area contributed by atoms with E-state index < -0.39 is 15.6 Å². The molecule has 0 aromatic carbocycles. The molecule has 0 aliphatic carbocycles. The first-order valence-electron chi connectivity index (χ1n) is 6.16. The van der Waals surface area contributed by atoms with Gasteiger partial charge in [-0.2, -0.15) is 4.31 Å². The SMILES string of the molecule is C=CCN(C(C)(C)C)S(=O)(=O)c1ccc(CCN)s1. The summed E-state index contributed by atoms with van der Waals surface area (Å²) in [4.78, 5) is 0.994. The summed E-state index contributed by atoms with van der Waals surface area (Å²) in [5.41, 5.74) is 5.01. The second kappa shape index (κ2) is 6.17. The molecule has 1 rings (SSSR count). The Kier molecular flexibility index (Phi) is 5.32. The Morgan fingerprint density at radius 1 is 1.42 bits per heavy atom. The summed E-state index contributed by atoms with van der Waals surface area (Å²) in [7, 11) is -3.48. The van der Waals surface area contributed by atoms with Crippen LogP contribution < -0.4 is 5.73 Å². The van der Waals surface area contributed by atoms with Crippen LogP contribution in [0.15, 0.2) is 29.0 Å². The third kappa shape index (κ3) is 3.89. The molecular weight excluding hydrogens is 280 g/mol. The quantitative estimate of drug-likeness (QED) is 0.820. The van der Waals surface area contributed by atoms with E-state index in [0.717, 1.165) is 4.88 Å². The van der Waals surface area contributed by atoms with Crippen molar-refractivity contribution in [2.75, 3.05) is 13.1 Å². The topological polar surface area (TPSA) is 63.4 Å². The molecule has 0 saturated carbocycles. The van der Waals surface area contributed by atoms with E-state index in [1.165, 1.54) is 15.6 Å². The fourth-order valence-corrected chi connectivity index (χ4v) is 4.97. The van der Waals surface area contributed by atoms with Gasteiger partial charge in [-0.1, -0.05) is 6.08 Å². The van der Waals surface area contributed by atoms with Crippen LogP contribution in [0, 0.1) is 0 Å². The van der Waals surface area contributed by atoms with E-state index in [1.54, 1.807) is 12.1 Å². The number of nitrogens with zero attached hydrogens (tertiary/aromatic N) is 1. The molecule has 108 valence electrons. The molecule has 0 unspecified atom stereocenters. The third-order valence-corrected chi connectivity index (χ3v) is 6.36. The Balaban J connectivity index is 3.15. The predicted octanol–water partition coefficient (Wildman–Crippen LogP) is 2.22. The maximum Gasteiger partial charge on any atom is 0.253 e. The Morgan fingerprint density at radius 2 is 2.05 bits per heavy atom. The van der Waals surface area contributed by atoms with Crippen LogP contribution in [0.3, 0.4) is 0 Å². The fourth-order valence-electron chi connectivity index (χ4n) is 1.73. The second-order valence-corrected chi connectivity index (χ2v) is 8.51. The summed E-state index contributed by atoms with van der Waals surface area (Å²) in [5, 5.41) is 0. The van der Waals surface area contributed by atoms with Gasteiger partial charge in [0.25, 0.3) is 10.0 Å². The summed E-state index contributed by atoms with van der Waals surface area (Å²) in [6.07, 6.45) is 2.31. The Morgan fingerprint density at radius 3 is 2.53 bits per heavy atom. The van der Waals surface area contributed by atoms with Gasteiger partial charge in [-0.05, 0) is 45.9 Å². The van der Waals surface area contributed by atoms with Crippen molar-refractivity contribution in [3.05, 3.63) is 29.7 Å². The summed E-state index contributed by atoms with van der Waals surface area (Å²) in [6, 6.07) is 3.49. The highest BCUT2D eigenvalue weighted by Gasteiger charge is 2.33. The highest BCUT2D eigenvalue weighted by Crippen LogP contribution is 2.29. The first kappa shape index (κ1) is 16.4. The molecule has 6 heteroatoms. The highest BCUT2D eigenvalue weighted by molar-refractivity contribution is 7.91. The monoisotopic (exact) mass is 302 g/mol. The van der Waals surface area contributed by atoms with Gasteiger partial charge in [0.2, 0.25) is 0 Å². The molecule has 0 atom stereocenters. The van der Waals surface area contributed by atoms with Gasteiger partial charge in [-0.25, -0.2) is 8.42 Å². The Hall–Kier alpha value is -0.690. The molecule has 2 N–H and O–H groups in total. The van der Waals surface area contributed by atoms with Gasteiger partial charge in [0, 0.05) is 17.0 Å². The molecule has 1 aromatic heterocycles. The summed E-state index contributed by atoms with van der Waals surface area (Å²) >= 11 is 1.29. The maximum atomic E-state index is 12.6. The largest absolute Gasteiger partial charge is 0.330 e. The molecule has 0 saturated heterocycles. The lowest BCUT2D eigenvalue weighted by Gasteiger charge is -2.33. The van der Waals surface area contributed by atoms with Gasteiger partial charge < -0.3 is 5.73 Å². The summed E-state index contributed by atoms with van der Waals surface area (Å²) in [6.45, 7) is 10.1. The van der Waals surface area contributed by atoms with Crippen molar-refractivity contribution >= 4 is 21.4 Å². The van der Waals surface area contributed by atoms with Crippen molar-refractivity contribution in [2.45, 2.75) is 36.9 Å². The van der Waals surface area contributed by atoms with E-state index in [2.05, 4.69) is 6.58 Å². The van der Waals surface area contributed by atoms with Gasteiger partial charge >= 0.3 is 0 Å². The number of nitrogens with two attached hydrogens (primary N) is 1. The minimum Gasteiger partial charge on any atom is -0.330 e. The van der Waals surface area contributed by atoms with E-state index in [4.69, 9.17) is 5.73 Å². The smallest absolute Gasteiger partial charge is 0.253 e. The van der Waals surface area contributed by atoms with Crippen LogP contribution in [0.5, 0.6) is 0 Å². The molecule has 1 aromatic rings. The van der Waals surface area contributed by atoms with Crippen molar-refractivity contribution in [3.63, 3.8) is 0 Å². The zero-order valence-corrected chi connectivity index (χ0v) is 13.4. The lowest BCUT2D eigenvalue weighted by Crippen LogP contribution is -2.45. The summed E-state index contributed by atoms with van der Waals surface area (Å²) < 4.78 is 27.1. The van der Waals surface area contributed by atoms with Crippen LogP contribution in [0.4, 0.5) is 0 Å². The normalized spacial score (nSPS) is 12.9. The Labute approximate surface area is 120 Å². The average molecular weight is 302 g/mol. The van der Waals surface area contributed by atoms with Gasteiger partial charge in [-0.3, -0.25) is 0 Å². The zero-order valence-electron chi connectivity index (χ0n) is 11.7. The lowest BCUT2D eigenvalue weighted by molar-refractivity contribution is 0.270. The van der Waals surface area contributed by atoms with Crippen LogP contribution in [0.1, 0.15) is 25.6 Å². The molecular formula is C13H22N2O2S2. The maximum absolute atomic E-state index is 12.6. The van der Waals surface area contributed by atoms with Crippen molar-refractivity contribution < 1.29 is 8.42 Å². The molecule has 19 heavy (non-hydrogen) atoms. The molecule has 0 amide bonds. The molecule has 0 radical (unpaired) electrons. The van der Waals surface area contributed by atoms with Gasteiger partial charge in [0.15, 0.2) is 0 Å². The van der Waals surface area contributed by atoms with Gasteiger partial charge in [0.1, 0.15) is 4.21 Å². The van der Waals surface area contributed by atoms with Crippen molar-refractivity contribution in [3.8, 4) is 0 Å². The highest BCUT2D eigenvalue weighted by atomic mass is 32.2. The van der Waals surface area contributed by atoms with Crippen LogP contribution in [-0.2, 0) is 16.4 Å². The van der Waals surface area contributed by atoms with Crippen LogP contribution in [0.2, 0.25) is 0 Å². The molecule has 0 fully saturated rings. The van der Waals surface area contributed by atoms with E-state index in [1.807, 2.05) is 26.8 Å². The number of sulfonamides is 1. The fraction of sp³-hybridized carbons (Fsp3) is 0.538. The number of hydrogen-bond donors (Lipinski definition) is 1. The number of thiophene rings is 1. The van der Waals surface area contributed by atoms with E-state index in [9.17, 15) is 8.42 Å². The lowest BCUT2D eigenvalue weighted by atomic mass is 10.1. The average Bonchev–Trinajstić information content (AvgIpc) is 2.74. The van der Waals surface area contributed by atoms with Crippen molar-refractivity contribution in [1.82, 2.24) is 4.31 Å². The number of hydrogen-bond acceptors (Lipinski definition) is 4. The zero-order chi connectivity index (χ0) is 14.7. The van der Waals surface area contributed by atoms with E-state index in [-0.39, 0.29) is 0 Å². The van der Waals surface area contributed by atoms with Crippen molar-refractivity contribution in [1.29, 1.82) is 0 Å². The molecule has 1 heterocycles. The minimum atomic E-state index is -3.48. The molecule has 0 bridgehead atoms. The second-order valence-electron chi connectivity index (χ2n) is 5.26. The first-order chi connectivity index (χ1) is 8.73. The van der Waals surface area contributed by atoms with Gasteiger partial charge in [0.05, 0.1) is 0 Å². The van der Waals surface area contributed by atoms with E-state index in [0.29, 0.717) is 23.7 Å². The van der Waals surface area contributed by atoms with Crippen LogP contribution in [0.25, 0.3) is 0 Å². The molecule has 4 nitrogen and oxygen atoms in total. The van der Waals surface area contributed by atoms with Crippen LogP contribution >= 0.6 is 11.3 Å². The standard InChI is InChI=1S/C13H22N2O2S2/c1-5-10-15(13(2,3)4)19(16,17)12-7-6-11(18-12)8-9-14/h5-7H,1,8-10,14H2,2-4H3. The molecule has 0 spiro atoms. The summed E-state index contributed by atoms with van der Waals surface area (Å²) in [5.74, 6) is 0. The van der Waals surface area contributed by atoms with Crippen LogP contribution in [-0.4, -0.2) is 31.4 Å². The van der Waals surface area contributed by atoms with Crippen molar-refractivity contribution in [2.24, 2.45) is 5.73 Å². The minimum absolute atomic E-state index is 0.302.